The van der Waals surface area contributed by atoms with Crippen molar-refractivity contribution >= 4 is 44.4 Å². The minimum absolute atomic E-state index is 0.00583. The molecule has 0 saturated heterocycles. The van der Waals surface area contributed by atoms with Gasteiger partial charge in [-0.3, -0.25) is 4.79 Å². The molecule has 2 aromatic carbocycles. The number of hydrogen-bond donors (Lipinski definition) is 1. The smallest absolute Gasteiger partial charge is 0.242 e. The van der Waals surface area contributed by atoms with Crippen LogP contribution in [0.1, 0.15) is 38.2 Å². The van der Waals surface area contributed by atoms with Crippen molar-refractivity contribution < 1.29 is 13.2 Å². The van der Waals surface area contributed by atoms with Crippen LogP contribution in [0.5, 0.6) is 0 Å². The maximum atomic E-state index is 13.3. The molecule has 32 heavy (non-hydrogen) atoms. The molecule has 3 aromatic rings. The Morgan fingerprint density at radius 3 is 2.69 bits per heavy atom. The lowest BCUT2D eigenvalue weighted by Gasteiger charge is -2.32. The van der Waals surface area contributed by atoms with Gasteiger partial charge in [-0.1, -0.05) is 24.3 Å². The summed E-state index contributed by atoms with van der Waals surface area (Å²) in [5.74, 6) is 0.445. The molecular formula is C23H26N4O3S2. The first-order chi connectivity index (χ1) is 15.4. The lowest BCUT2D eigenvalue weighted by atomic mass is 9.81. The molecule has 1 fully saturated rings. The van der Waals surface area contributed by atoms with Crippen LogP contribution >= 0.6 is 11.7 Å². The zero-order valence-corrected chi connectivity index (χ0v) is 19.5. The van der Waals surface area contributed by atoms with Crippen molar-refractivity contribution in [3.63, 3.8) is 0 Å². The molecule has 1 amide bonds. The topological polar surface area (TPSA) is 92.3 Å². The van der Waals surface area contributed by atoms with Crippen molar-refractivity contribution in [1.29, 1.82) is 0 Å². The largest absolute Gasteiger partial charge is 0.309 e. The van der Waals surface area contributed by atoms with Crippen LogP contribution in [0.15, 0.2) is 47.4 Å². The monoisotopic (exact) mass is 470 g/mol. The van der Waals surface area contributed by atoms with Gasteiger partial charge in [-0.2, -0.15) is 8.75 Å². The van der Waals surface area contributed by atoms with Crippen molar-refractivity contribution in [3.05, 3.63) is 48.0 Å². The first-order valence-electron chi connectivity index (χ1n) is 11.1. The van der Waals surface area contributed by atoms with E-state index in [0.29, 0.717) is 17.6 Å². The van der Waals surface area contributed by atoms with Gasteiger partial charge in [-0.05, 0) is 68.7 Å². The van der Waals surface area contributed by atoms with Gasteiger partial charge in [0, 0.05) is 24.2 Å². The van der Waals surface area contributed by atoms with Gasteiger partial charge in [-0.25, -0.2) is 13.1 Å². The highest BCUT2D eigenvalue weighted by Crippen LogP contribution is 2.37. The summed E-state index contributed by atoms with van der Waals surface area (Å²) in [4.78, 5) is 15.4. The third-order valence-corrected chi connectivity index (χ3v) is 8.74. The summed E-state index contributed by atoms with van der Waals surface area (Å²) in [6.07, 6.45) is 4.17. The number of nitrogens with zero attached hydrogens (tertiary/aromatic N) is 3. The Morgan fingerprint density at radius 1 is 1.09 bits per heavy atom. The highest BCUT2D eigenvalue weighted by atomic mass is 32.2. The van der Waals surface area contributed by atoms with Crippen molar-refractivity contribution in [1.82, 2.24) is 13.5 Å². The maximum Gasteiger partial charge on any atom is 0.242 e. The summed E-state index contributed by atoms with van der Waals surface area (Å²) in [5, 5.41) is 0. The van der Waals surface area contributed by atoms with E-state index in [1.165, 1.54) is 5.56 Å². The molecule has 2 aliphatic rings. The van der Waals surface area contributed by atoms with Crippen LogP contribution in [0, 0.1) is 11.8 Å². The average molecular weight is 471 g/mol. The molecule has 0 bridgehead atoms. The Bertz CT molecular complexity index is 1250. The van der Waals surface area contributed by atoms with E-state index in [-0.39, 0.29) is 28.7 Å². The minimum Gasteiger partial charge on any atom is -0.309 e. The molecule has 1 aliphatic heterocycles. The molecule has 0 radical (unpaired) electrons. The number of carbonyl (C=O) groups excluding carboxylic acids is 1. The van der Waals surface area contributed by atoms with Gasteiger partial charge in [0.25, 0.3) is 0 Å². The second-order valence-electron chi connectivity index (χ2n) is 8.85. The predicted molar refractivity (Wildman–Crippen MR) is 125 cm³/mol. The first-order valence-corrected chi connectivity index (χ1v) is 13.3. The fraction of sp³-hybridized carbons (Fsp3) is 0.435. The summed E-state index contributed by atoms with van der Waals surface area (Å²) >= 11 is 1.01. The third-order valence-electron chi connectivity index (χ3n) is 6.74. The number of nitrogens with one attached hydrogen (secondary N) is 1. The summed E-state index contributed by atoms with van der Waals surface area (Å²) in [6.45, 7) is 2.48. The average Bonchev–Trinajstić information content (AvgIpc) is 3.41. The van der Waals surface area contributed by atoms with Crippen molar-refractivity contribution in [2.75, 3.05) is 11.4 Å². The standard InChI is InChI=1S/C23H26N4O3S2/c1-15-13-18-5-2-3-7-20(18)27(15)23(28)17-11-9-16(10-12-17)14-24-32(29,30)21-8-4-6-19-22(21)26-31-25-19/h2-8,15-17,24H,9-14H2,1H3/t15-,16?,17?/m0/s1. The Balaban J connectivity index is 1.19. The van der Waals surface area contributed by atoms with Crippen LogP contribution in [-0.2, 0) is 21.2 Å². The fourth-order valence-electron chi connectivity index (χ4n) is 5.02. The SMILES string of the molecule is C[C@H]1Cc2ccccc2N1C(=O)C1CCC(CNS(=O)(=O)c2cccc3nsnc23)CC1. The van der Waals surface area contributed by atoms with Crippen LogP contribution < -0.4 is 9.62 Å². The zero-order chi connectivity index (χ0) is 22.3. The van der Waals surface area contributed by atoms with Gasteiger partial charge >= 0.3 is 0 Å². The highest BCUT2D eigenvalue weighted by Gasteiger charge is 2.36. The van der Waals surface area contributed by atoms with Gasteiger partial charge < -0.3 is 4.90 Å². The van der Waals surface area contributed by atoms with Crippen LogP contribution in [0.4, 0.5) is 5.69 Å². The first kappa shape index (κ1) is 21.5. The lowest BCUT2D eigenvalue weighted by Crippen LogP contribution is -2.42. The number of rotatable bonds is 5. The number of hydrogen-bond acceptors (Lipinski definition) is 6. The summed E-state index contributed by atoms with van der Waals surface area (Å²) in [6, 6.07) is 13.4. The van der Waals surface area contributed by atoms with Gasteiger partial charge in [-0.15, -0.1) is 0 Å². The van der Waals surface area contributed by atoms with Crippen LogP contribution in [0.25, 0.3) is 11.0 Å². The highest BCUT2D eigenvalue weighted by molar-refractivity contribution is 7.89. The molecule has 1 aromatic heterocycles. The van der Waals surface area contributed by atoms with E-state index in [9.17, 15) is 13.2 Å². The number of fused-ring (bicyclic) bond motifs is 2. The summed E-state index contributed by atoms with van der Waals surface area (Å²) in [7, 11) is -3.66. The van der Waals surface area contributed by atoms with E-state index in [4.69, 9.17) is 0 Å². The normalized spacial score (nSPS) is 23.4. The molecular weight excluding hydrogens is 444 g/mol. The molecule has 7 nitrogen and oxygen atoms in total. The quantitative estimate of drug-likeness (QED) is 0.613. The number of anilines is 1. The van der Waals surface area contributed by atoms with E-state index < -0.39 is 10.0 Å². The summed E-state index contributed by atoms with van der Waals surface area (Å²) in [5.41, 5.74) is 3.29. The lowest BCUT2D eigenvalue weighted by molar-refractivity contribution is -0.123. The Hall–Kier alpha value is -2.36. The molecule has 0 unspecified atom stereocenters. The molecule has 1 aliphatic carbocycles. The second-order valence-corrected chi connectivity index (χ2v) is 11.1. The van der Waals surface area contributed by atoms with Crippen LogP contribution in [-0.4, -0.2) is 35.7 Å². The summed E-state index contributed by atoms with van der Waals surface area (Å²) < 4.78 is 36.7. The van der Waals surface area contributed by atoms with Crippen molar-refractivity contribution in [3.8, 4) is 0 Å². The Morgan fingerprint density at radius 2 is 1.88 bits per heavy atom. The molecule has 2 heterocycles. The molecule has 0 spiro atoms. The number of benzene rings is 2. The van der Waals surface area contributed by atoms with Crippen molar-refractivity contribution in [2.45, 2.75) is 50.0 Å². The Kier molecular flexibility index (Phi) is 5.73. The molecule has 9 heteroatoms. The number of amides is 1. The van der Waals surface area contributed by atoms with E-state index in [1.807, 2.05) is 23.1 Å². The van der Waals surface area contributed by atoms with E-state index >= 15 is 0 Å². The number of sulfonamides is 1. The minimum atomic E-state index is -3.66. The van der Waals surface area contributed by atoms with Crippen LogP contribution in [0.3, 0.4) is 0 Å². The van der Waals surface area contributed by atoms with Gasteiger partial charge in [0.2, 0.25) is 15.9 Å². The Labute approximate surface area is 192 Å². The van der Waals surface area contributed by atoms with Crippen molar-refractivity contribution in [2.24, 2.45) is 11.8 Å². The number of carbonyl (C=O) groups is 1. The molecule has 168 valence electrons. The molecule has 1 saturated carbocycles. The van der Waals surface area contributed by atoms with E-state index in [2.05, 4.69) is 26.5 Å². The fourth-order valence-corrected chi connectivity index (χ4v) is 6.90. The van der Waals surface area contributed by atoms with Crippen LogP contribution in [0.2, 0.25) is 0 Å². The zero-order valence-electron chi connectivity index (χ0n) is 17.9. The number of aromatic nitrogens is 2. The molecule has 5 rings (SSSR count). The van der Waals surface area contributed by atoms with Gasteiger partial charge in [0.15, 0.2) is 0 Å². The molecule has 1 N–H and O–H groups in total. The van der Waals surface area contributed by atoms with Gasteiger partial charge in [0.05, 0.1) is 11.7 Å². The number of para-hydroxylation sites is 1. The predicted octanol–water partition coefficient (Wildman–Crippen LogP) is 3.75. The molecule has 1 atom stereocenters. The van der Waals surface area contributed by atoms with E-state index in [0.717, 1.165) is 49.5 Å². The third kappa shape index (κ3) is 3.93. The second kappa shape index (κ2) is 8.53. The maximum absolute atomic E-state index is 13.3. The van der Waals surface area contributed by atoms with E-state index in [1.54, 1.807) is 18.2 Å². The van der Waals surface area contributed by atoms with Gasteiger partial charge in [0.1, 0.15) is 15.9 Å².